The molecule has 0 amide bonds. The monoisotopic (exact) mass is 170 g/mol. The van der Waals surface area contributed by atoms with E-state index >= 15 is 0 Å². The predicted molar refractivity (Wildman–Crippen MR) is 49.6 cm³/mol. The summed E-state index contributed by atoms with van der Waals surface area (Å²) in [6.45, 7) is 5.82. The van der Waals surface area contributed by atoms with E-state index in [1.165, 1.54) is 0 Å². The van der Waals surface area contributed by atoms with E-state index in [1.807, 2.05) is 18.2 Å². The minimum atomic E-state index is 0.561. The highest BCUT2D eigenvalue weighted by atomic mass is 14.9. The maximum Gasteiger partial charge on any atom is 0.139 e. The molecule has 3 nitrogen and oxygen atoms in total. The maximum atomic E-state index is 5.82. The molecule has 0 atom stereocenters. The lowest BCUT2D eigenvalue weighted by Gasteiger charge is -1.99. The topological polar surface area (TPSA) is 41.6 Å². The number of hydrogen-bond acceptors (Lipinski definition) is 2. The second-order valence-corrected chi connectivity index (χ2v) is 2.57. The molecule has 0 fully saturated rings. The summed E-state index contributed by atoms with van der Waals surface area (Å²) in [7, 11) is 0. The Morgan fingerprint density at radius 2 is 2.15 bits per heavy atom. The summed E-state index contributed by atoms with van der Waals surface area (Å²) >= 11 is 0. The maximum absolute atomic E-state index is 5.82. The van der Waals surface area contributed by atoms with Gasteiger partial charge in [-0.2, -0.15) is 0 Å². The van der Waals surface area contributed by atoms with Crippen molar-refractivity contribution in [1.29, 1.82) is 0 Å². The van der Waals surface area contributed by atoms with E-state index in [4.69, 9.17) is 6.58 Å². The highest BCUT2D eigenvalue weighted by Crippen LogP contribution is 2.13. The van der Waals surface area contributed by atoms with Gasteiger partial charge in [0.05, 0.1) is 5.69 Å². The van der Waals surface area contributed by atoms with Gasteiger partial charge in [-0.1, -0.05) is 6.07 Å². The molecule has 3 heteroatoms. The number of nitrogens with one attached hydrogen (secondary N) is 1. The van der Waals surface area contributed by atoms with Gasteiger partial charge in [0.1, 0.15) is 5.82 Å². The average Bonchev–Trinajstić information content (AvgIpc) is 2.71. The number of imidazole rings is 1. The first-order valence-corrected chi connectivity index (χ1v) is 3.91. The highest BCUT2D eigenvalue weighted by Gasteiger charge is 2.03. The van der Waals surface area contributed by atoms with Crippen molar-refractivity contribution in [3.63, 3.8) is 0 Å². The molecule has 0 bridgehead atoms. The number of aromatic amines is 1. The molecule has 1 N–H and O–H groups in total. The molecule has 1 radical (unpaired) electrons. The van der Waals surface area contributed by atoms with Crippen LogP contribution in [0.25, 0.3) is 5.57 Å². The molecule has 0 saturated carbocycles. The van der Waals surface area contributed by atoms with Crippen LogP contribution in [0.15, 0.2) is 36.8 Å². The first kappa shape index (κ1) is 7.73. The third-order valence-corrected chi connectivity index (χ3v) is 1.69. The van der Waals surface area contributed by atoms with Crippen LogP contribution in [0, 0.1) is 6.58 Å². The number of rotatable bonds is 2. The fourth-order valence-corrected chi connectivity index (χ4v) is 1.06. The van der Waals surface area contributed by atoms with Crippen LogP contribution in [0.3, 0.4) is 0 Å². The van der Waals surface area contributed by atoms with Crippen LogP contribution in [0.1, 0.15) is 11.5 Å². The summed E-state index contributed by atoms with van der Waals surface area (Å²) in [5.41, 5.74) is 1.29. The van der Waals surface area contributed by atoms with Crippen LogP contribution in [0.2, 0.25) is 0 Å². The molecule has 2 aromatic heterocycles. The normalized spacial score (nSPS) is 9.85. The standard InChI is InChI=1S/C10H8N3/c1-8(10-12-6-7-13-10)9-4-2-3-5-11-9/h1-7H,(H,12,13). The van der Waals surface area contributed by atoms with Crippen molar-refractivity contribution >= 4 is 5.57 Å². The van der Waals surface area contributed by atoms with Gasteiger partial charge in [0.15, 0.2) is 0 Å². The number of H-pyrrole nitrogens is 1. The van der Waals surface area contributed by atoms with E-state index in [0.29, 0.717) is 11.4 Å². The van der Waals surface area contributed by atoms with E-state index in [2.05, 4.69) is 15.0 Å². The molecular formula is C10H8N3. The molecular weight excluding hydrogens is 162 g/mol. The van der Waals surface area contributed by atoms with Gasteiger partial charge >= 0.3 is 0 Å². The molecule has 63 valence electrons. The summed E-state index contributed by atoms with van der Waals surface area (Å²) in [6.07, 6.45) is 5.08. The van der Waals surface area contributed by atoms with Crippen molar-refractivity contribution in [3.05, 3.63) is 54.9 Å². The Hall–Kier alpha value is -1.90. The number of hydrogen-bond donors (Lipinski definition) is 1. The van der Waals surface area contributed by atoms with Gasteiger partial charge in [-0.05, 0) is 18.7 Å². The highest BCUT2D eigenvalue weighted by molar-refractivity contribution is 5.70. The lowest BCUT2D eigenvalue weighted by atomic mass is 10.2. The van der Waals surface area contributed by atoms with E-state index < -0.39 is 0 Å². The largest absolute Gasteiger partial charge is 0.345 e. The van der Waals surface area contributed by atoms with Gasteiger partial charge in [-0.3, -0.25) is 4.98 Å². The smallest absolute Gasteiger partial charge is 0.139 e. The lowest BCUT2D eigenvalue weighted by molar-refractivity contribution is 1.20. The Morgan fingerprint density at radius 3 is 2.77 bits per heavy atom. The summed E-state index contributed by atoms with van der Waals surface area (Å²) < 4.78 is 0. The van der Waals surface area contributed by atoms with Gasteiger partial charge in [-0.15, -0.1) is 0 Å². The second kappa shape index (κ2) is 3.23. The van der Waals surface area contributed by atoms with Gasteiger partial charge in [0.25, 0.3) is 0 Å². The Balaban J connectivity index is 2.34. The Morgan fingerprint density at radius 1 is 1.23 bits per heavy atom. The fraction of sp³-hybridized carbons (Fsp3) is 0. The first-order chi connectivity index (χ1) is 6.38. The van der Waals surface area contributed by atoms with Crippen molar-refractivity contribution in [2.24, 2.45) is 0 Å². The summed E-state index contributed by atoms with van der Waals surface area (Å²) in [5.74, 6) is 0.652. The predicted octanol–water partition coefficient (Wildman–Crippen LogP) is 1.67. The zero-order valence-electron chi connectivity index (χ0n) is 6.94. The molecule has 0 aromatic carbocycles. The van der Waals surface area contributed by atoms with E-state index in [1.54, 1.807) is 18.6 Å². The van der Waals surface area contributed by atoms with Crippen LogP contribution >= 0.6 is 0 Å². The third-order valence-electron chi connectivity index (χ3n) is 1.69. The molecule has 0 aliphatic rings. The van der Waals surface area contributed by atoms with E-state index in [-0.39, 0.29) is 0 Å². The zero-order chi connectivity index (χ0) is 9.10. The molecule has 0 saturated heterocycles. The average molecular weight is 170 g/mol. The summed E-state index contributed by atoms with van der Waals surface area (Å²) in [5, 5.41) is 0. The third kappa shape index (κ3) is 1.49. The Kier molecular flexibility index (Phi) is 1.92. The fourth-order valence-electron chi connectivity index (χ4n) is 1.06. The Labute approximate surface area is 76.2 Å². The molecule has 2 rings (SSSR count). The van der Waals surface area contributed by atoms with E-state index in [0.717, 1.165) is 5.69 Å². The Bertz CT molecular complexity index is 389. The summed E-state index contributed by atoms with van der Waals surface area (Å²) in [6, 6.07) is 5.58. The molecule has 2 aromatic rings. The van der Waals surface area contributed by atoms with Gasteiger partial charge in [-0.25, -0.2) is 4.98 Å². The molecule has 2 heterocycles. The van der Waals surface area contributed by atoms with Crippen molar-refractivity contribution in [1.82, 2.24) is 15.0 Å². The van der Waals surface area contributed by atoms with E-state index in [9.17, 15) is 0 Å². The summed E-state index contributed by atoms with van der Waals surface area (Å²) in [4.78, 5) is 11.1. The van der Waals surface area contributed by atoms with Gasteiger partial charge in [0, 0.05) is 24.2 Å². The van der Waals surface area contributed by atoms with Crippen molar-refractivity contribution in [3.8, 4) is 0 Å². The zero-order valence-corrected chi connectivity index (χ0v) is 6.94. The molecule has 0 aliphatic carbocycles. The van der Waals surface area contributed by atoms with Crippen molar-refractivity contribution in [2.75, 3.05) is 0 Å². The van der Waals surface area contributed by atoms with Crippen molar-refractivity contribution < 1.29 is 0 Å². The minimum Gasteiger partial charge on any atom is -0.345 e. The second-order valence-electron chi connectivity index (χ2n) is 2.57. The van der Waals surface area contributed by atoms with Gasteiger partial charge < -0.3 is 4.98 Å². The molecule has 0 unspecified atom stereocenters. The lowest BCUT2D eigenvalue weighted by Crippen LogP contribution is -1.91. The first-order valence-electron chi connectivity index (χ1n) is 3.91. The van der Waals surface area contributed by atoms with Crippen LogP contribution in [0.4, 0.5) is 0 Å². The number of aromatic nitrogens is 3. The molecule has 0 aliphatic heterocycles. The van der Waals surface area contributed by atoms with Crippen LogP contribution in [-0.2, 0) is 0 Å². The van der Waals surface area contributed by atoms with Crippen LogP contribution < -0.4 is 0 Å². The SMILES string of the molecule is [CH]=C(c1ccccn1)c1ncc[nH]1. The van der Waals surface area contributed by atoms with Crippen LogP contribution in [0.5, 0.6) is 0 Å². The molecule has 0 spiro atoms. The minimum absolute atomic E-state index is 0.561. The number of nitrogens with zero attached hydrogens (tertiary/aromatic N) is 2. The number of pyridine rings is 1. The van der Waals surface area contributed by atoms with Gasteiger partial charge in [0.2, 0.25) is 0 Å². The molecule has 13 heavy (non-hydrogen) atoms. The van der Waals surface area contributed by atoms with Crippen LogP contribution in [-0.4, -0.2) is 15.0 Å². The quantitative estimate of drug-likeness (QED) is 0.744. The van der Waals surface area contributed by atoms with Crippen molar-refractivity contribution in [2.45, 2.75) is 0 Å².